The molecule has 1 aliphatic heterocycles. The topological polar surface area (TPSA) is 138 Å². The summed E-state index contributed by atoms with van der Waals surface area (Å²) in [5, 5.41) is 15.6. The van der Waals surface area contributed by atoms with E-state index in [0.717, 1.165) is 25.1 Å². The van der Waals surface area contributed by atoms with Crippen LogP contribution in [0.2, 0.25) is 0 Å². The smallest absolute Gasteiger partial charge is 0.237 e. The molecule has 1 unspecified atom stereocenters. The van der Waals surface area contributed by atoms with Gasteiger partial charge in [0.2, 0.25) is 10.0 Å². The van der Waals surface area contributed by atoms with Crippen LogP contribution < -0.4 is 14.9 Å². The van der Waals surface area contributed by atoms with E-state index in [-0.39, 0.29) is 17.2 Å². The van der Waals surface area contributed by atoms with Gasteiger partial charge in [-0.15, -0.1) is 0 Å². The van der Waals surface area contributed by atoms with Crippen molar-refractivity contribution in [3.05, 3.63) is 60.0 Å². The Labute approximate surface area is 232 Å². The third kappa shape index (κ3) is 4.94. The van der Waals surface area contributed by atoms with Gasteiger partial charge < -0.3 is 15.4 Å². The molecule has 206 valence electrons. The van der Waals surface area contributed by atoms with Crippen molar-refractivity contribution in [1.29, 1.82) is 5.26 Å². The number of ether oxygens (including phenoxy) is 1. The number of benzene rings is 1. The largest absolute Gasteiger partial charge is 0.358 e. The van der Waals surface area contributed by atoms with Gasteiger partial charge in [-0.2, -0.15) is 5.26 Å². The fourth-order valence-electron chi connectivity index (χ4n) is 5.03. The Balaban J connectivity index is 1.45. The zero-order chi connectivity index (χ0) is 27.9. The molecule has 12 heteroatoms. The van der Waals surface area contributed by atoms with Crippen molar-refractivity contribution in [2.24, 2.45) is 0 Å². The number of aromatic nitrogens is 4. The van der Waals surface area contributed by atoms with Crippen molar-refractivity contribution >= 4 is 49.9 Å². The predicted octanol–water partition coefficient (Wildman–Crippen LogP) is 5.12. The summed E-state index contributed by atoms with van der Waals surface area (Å²) in [6.45, 7) is 2.60. The highest BCUT2D eigenvalue weighted by Gasteiger charge is 2.39. The Morgan fingerprint density at radius 1 is 1.00 bits per heavy atom. The molecule has 4 heterocycles. The van der Waals surface area contributed by atoms with E-state index in [4.69, 9.17) is 14.7 Å². The van der Waals surface area contributed by atoms with Crippen molar-refractivity contribution in [3.8, 4) is 6.07 Å². The first-order valence-electron chi connectivity index (χ1n) is 13.3. The third-order valence-electron chi connectivity index (χ3n) is 7.23. The van der Waals surface area contributed by atoms with Gasteiger partial charge in [0.1, 0.15) is 41.0 Å². The van der Waals surface area contributed by atoms with Crippen molar-refractivity contribution in [3.63, 3.8) is 0 Å². The van der Waals surface area contributed by atoms with E-state index in [2.05, 4.69) is 21.7 Å². The molecule has 6 rings (SSSR count). The summed E-state index contributed by atoms with van der Waals surface area (Å²) in [6.07, 6.45) is 4.10. The standard InChI is InChI=1S/C28H30N8O3S/c1-18-30-27-22(32-21-9-3-4-10-23(21)35(2)40(37,38)20-13-14-20)16-25(33-24-11-7-8-19(17-29)31-24)34-28(27)36(18)26-12-5-6-15-39-26/h3-4,7-11,16,20,26H,5-6,12-15H2,1-2H3,(H2,31,32,33,34). The third-order valence-corrected chi connectivity index (χ3v) is 9.50. The number of rotatable bonds is 8. The first-order chi connectivity index (χ1) is 19.3. The Morgan fingerprint density at radius 2 is 1.82 bits per heavy atom. The van der Waals surface area contributed by atoms with Gasteiger partial charge in [-0.3, -0.25) is 8.87 Å². The van der Waals surface area contributed by atoms with E-state index in [0.29, 0.717) is 59.3 Å². The Hall–Kier alpha value is -4.21. The van der Waals surface area contributed by atoms with Crippen molar-refractivity contribution < 1.29 is 13.2 Å². The number of aryl methyl sites for hydroxylation is 1. The summed E-state index contributed by atoms with van der Waals surface area (Å²) in [4.78, 5) is 14.1. The summed E-state index contributed by atoms with van der Waals surface area (Å²) >= 11 is 0. The molecule has 1 atom stereocenters. The maximum Gasteiger partial charge on any atom is 0.237 e. The number of hydrogen-bond donors (Lipinski definition) is 2. The van der Waals surface area contributed by atoms with Gasteiger partial charge in [0.25, 0.3) is 0 Å². The summed E-state index contributed by atoms with van der Waals surface area (Å²) in [5.74, 6) is 1.73. The fraction of sp³-hybridized carbons (Fsp3) is 0.357. The molecule has 0 bridgehead atoms. The second-order valence-electron chi connectivity index (χ2n) is 10.1. The minimum Gasteiger partial charge on any atom is -0.358 e. The first-order valence-corrected chi connectivity index (χ1v) is 14.8. The average molecular weight is 559 g/mol. The molecule has 2 aliphatic rings. The van der Waals surface area contributed by atoms with Crippen LogP contribution in [0.3, 0.4) is 0 Å². The lowest BCUT2D eigenvalue weighted by molar-refractivity contribution is -0.0308. The maximum atomic E-state index is 13.1. The molecule has 1 aromatic carbocycles. The van der Waals surface area contributed by atoms with E-state index in [1.54, 1.807) is 31.3 Å². The lowest BCUT2D eigenvalue weighted by Gasteiger charge is -2.25. The Bertz CT molecular complexity index is 1720. The van der Waals surface area contributed by atoms with Crippen LogP contribution in [0, 0.1) is 18.3 Å². The van der Waals surface area contributed by atoms with E-state index in [1.807, 2.05) is 35.8 Å². The number of nitriles is 1. The molecule has 2 N–H and O–H groups in total. The Kier molecular flexibility index (Phi) is 6.77. The second kappa shape index (κ2) is 10.4. The van der Waals surface area contributed by atoms with Gasteiger partial charge >= 0.3 is 0 Å². The molecule has 0 spiro atoms. The van der Waals surface area contributed by atoms with Crippen LogP contribution in [0.15, 0.2) is 48.5 Å². The fourth-order valence-corrected chi connectivity index (χ4v) is 6.64. The van der Waals surface area contributed by atoms with Crippen LogP contribution >= 0.6 is 0 Å². The number of sulfonamides is 1. The van der Waals surface area contributed by atoms with Crippen LogP contribution in [0.25, 0.3) is 11.2 Å². The molecular weight excluding hydrogens is 528 g/mol. The average Bonchev–Trinajstić information content (AvgIpc) is 3.77. The van der Waals surface area contributed by atoms with E-state index < -0.39 is 10.0 Å². The number of nitrogens with one attached hydrogen (secondary N) is 2. The van der Waals surface area contributed by atoms with Gasteiger partial charge in [-0.1, -0.05) is 18.2 Å². The molecule has 3 aromatic heterocycles. The number of fused-ring (bicyclic) bond motifs is 1. The zero-order valence-electron chi connectivity index (χ0n) is 22.3. The first kappa shape index (κ1) is 26.0. The molecule has 2 fully saturated rings. The van der Waals surface area contributed by atoms with Crippen LogP contribution in [-0.4, -0.2) is 46.8 Å². The van der Waals surface area contributed by atoms with Crippen LogP contribution in [-0.2, 0) is 14.8 Å². The number of imidazole rings is 1. The normalized spacial score (nSPS) is 17.4. The van der Waals surface area contributed by atoms with Crippen molar-refractivity contribution in [2.75, 3.05) is 28.6 Å². The predicted molar refractivity (Wildman–Crippen MR) is 153 cm³/mol. The number of pyridine rings is 2. The second-order valence-corrected chi connectivity index (χ2v) is 12.3. The number of hydrogen-bond acceptors (Lipinski definition) is 9. The molecule has 40 heavy (non-hydrogen) atoms. The molecular formula is C28H30N8O3S. The molecule has 1 aliphatic carbocycles. The highest BCUT2D eigenvalue weighted by molar-refractivity contribution is 7.93. The molecule has 1 saturated heterocycles. The number of anilines is 5. The lowest BCUT2D eigenvalue weighted by atomic mass is 10.2. The molecule has 1 saturated carbocycles. The zero-order valence-corrected chi connectivity index (χ0v) is 23.1. The van der Waals surface area contributed by atoms with Crippen LogP contribution in [0.1, 0.15) is 49.9 Å². The quantitative estimate of drug-likeness (QED) is 0.302. The van der Waals surface area contributed by atoms with Crippen molar-refractivity contribution in [2.45, 2.75) is 50.5 Å². The monoisotopic (exact) mass is 558 g/mol. The van der Waals surface area contributed by atoms with Crippen LogP contribution in [0.5, 0.6) is 0 Å². The summed E-state index contributed by atoms with van der Waals surface area (Å²) < 4.78 is 35.6. The van der Waals surface area contributed by atoms with Crippen LogP contribution in [0.4, 0.5) is 28.7 Å². The van der Waals surface area contributed by atoms with Gasteiger partial charge in [-0.05, 0) is 63.3 Å². The van der Waals surface area contributed by atoms with Gasteiger partial charge in [-0.25, -0.2) is 23.4 Å². The van der Waals surface area contributed by atoms with Crippen molar-refractivity contribution in [1.82, 2.24) is 19.5 Å². The Morgan fingerprint density at radius 3 is 2.58 bits per heavy atom. The van der Waals surface area contributed by atoms with E-state index in [9.17, 15) is 13.7 Å². The highest BCUT2D eigenvalue weighted by atomic mass is 32.2. The molecule has 0 radical (unpaired) electrons. The summed E-state index contributed by atoms with van der Waals surface area (Å²) in [6, 6.07) is 16.3. The SMILES string of the molecule is Cc1nc2c(Nc3ccccc3N(C)S(=O)(=O)C3CC3)cc(Nc3cccc(C#N)n3)nc2n1C1CCCCO1. The molecule has 11 nitrogen and oxygen atoms in total. The minimum absolute atomic E-state index is 0.184. The lowest BCUT2D eigenvalue weighted by Crippen LogP contribution is -2.30. The number of nitrogens with zero attached hydrogens (tertiary/aromatic N) is 6. The van der Waals surface area contributed by atoms with Gasteiger partial charge in [0.05, 0.1) is 22.3 Å². The minimum atomic E-state index is -3.45. The summed E-state index contributed by atoms with van der Waals surface area (Å²) in [7, 11) is -1.86. The van der Waals surface area contributed by atoms with E-state index in [1.165, 1.54) is 4.31 Å². The van der Waals surface area contributed by atoms with E-state index >= 15 is 0 Å². The van der Waals surface area contributed by atoms with Gasteiger partial charge in [0, 0.05) is 19.7 Å². The molecule has 0 amide bonds. The maximum absolute atomic E-state index is 13.1. The highest BCUT2D eigenvalue weighted by Crippen LogP contribution is 2.38. The molecule has 4 aromatic rings. The van der Waals surface area contributed by atoms with Gasteiger partial charge in [0.15, 0.2) is 5.65 Å². The number of para-hydroxylation sites is 2. The summed E-state index contributed by atoms with van der Waals surface area (Å²) in [5.41, 5.74) is 3.37.